The Morgan fingerprint density at radius 2 is 1.77 bits per heavy atom. The smallest absolute Gasteiger partial charge is 0.256 e. The Labute approximate surface area is 153 Å². The molecule has 0 saturated heterocycles. The highest BCUT2D eigenvalue weighted by atomic mass is 16.5. The molecule has 0 bridgehead atoms. The van der Waals surface area contributed by atoms with Crippen molar-refractivity contribution in [2.24, 2.45) is 5.92 Å². The zero-order chi connectivity index (χ0) is 18.7. The summed E-state index contributed by atoms with van der Waals surface area (Å²) in [5.41, 5.74) is 1.51. The summed E-state index contributed by atoms with van der Waals surface area (Å²) < 4.78 is 15.9. The predicted molar refractivity (Wildman–Crippen MR) is 97.3 cm³/mol. The van der Waals surface area contributed by atoms with Crippen molar-refractivity contribution in [3.63, 3.8) is 0 Å². The highest BCUT2D eigenvalue weighted by molar-refractivity contribution is 6.09. The molecule has 0 atom stereocenters. The molecule has 0 unspecified atom stereocenters. The fourth-order valence-electron chi connectivity index (χ4n) is 3.09. The summed E-state index contributed by atoms with van der Waals surface area (Å²) >= 11 is 0. The summed E-state index contributed by atoms with van der Waals surface area (Å²) in [6.07, 6.45) is 7.85. The third-order valence-electron chi connectivity index (χ3n) is 4.60. The molecule has 6 heteroatoms. The first-order chi connectivity index (χ1) is 12.6. The van der Waals surface area contributed by atoms with Gasteiger partial charge in [0.25, 0.3) is 11.8 Å². The van der Waals surface area contributed by atoms with E-state index >= 15 is 0 Å². The van der Waals surface area contributed by atoms with Gasteiger partial charge < -0.3 is 14.2 Å². The van der Waals surface area contributed by atoms with Gasteiger partial charge in [-0.1, -0.05) is 6.08 Å². The molecule has 1 aromatic rings. The van der Waals surface area contributed by atoms with E-state index in [1.54, 1.807) is 18.2 Å². The largest absolute Gasteiger partial charge is 0.493 e. The molecule has 0 spiro atoms. The number of hydrogen-bond donors (Lipinski definition) is 0. The molecular weight excluding hydrogens is 334 g/mol. The summed E-state index contributed by atoms with van der Waals surface area (Å²) in [5, 5.41) is 0. The zero-order valence-corrected chi connectivity index (χ0v) is 15.3. The molecule has 26 heavy (non-hydrogen) atoms. The van der Waals surface area contributed by atoms with Crippen molar-refractivity contribution in [1.82, 2.24) is 4.90 Å². The van der Waals surface area contributed by atoms with Crippen molar-refractivity contribution < 1.29 is 23.8 Å². The molecule has 0 N–H and O–H groups in total. The normalized spacial score (nSPS) is 17.3. The standard InChI is InChI=1S/C20H23NO5/c1-24-16-11-13(12-17(25-2)19(16)26-3)6-9-18(22)21-10-4-5-15(20(21)23)14-7-8-14/h5-6,9,11-12,14H,4,7-8,10H2,1-3H3. The first-order valence-electron chi connectivity index (χ1n) is 8.63. The minimum absolute atomic E-state index is 0.154. The van der Waals surface area contributed by atoms with Crippen LogP contribution in [-0.4, -0.2) is 44.6 Å². The van der Waals surface area contributed by atoms with E-state index in [-0.39, 0.29) is 11.8 Å². The Hall–Kier alpha value is -2.76. The van der Waals surface area contributed by atoms with Gasteiger partial charge in [-0.05, 0) is 49.0 Å². The second-order valence-corrected chi connectivity index (χ2v) is 6.31. The Kier molecular flexibility index (Phi) is 5.30. The van der Waals surface area contributed by atoms with Crippen molar-refractivity contribution in [2.45, 2.75) is 19.3 Å². The Bertz CT molecular complexity index is 751. The molecule has 1 saturated carbocycles. The van der Waals surface area contributed by atoms with E-state index in [1.165, 1.54) is 32.3 Å². The molecule has 1 heterocycles. The lowest BCUT2D eigenvalue weighted by molar-refractivity contribution is -0.140. The van der Waals surface area contributed by atoms with Crippen molar-refractivity contribution in [2.75, 3.05) is 27.9 Å². The van der Waals surface area contributed by atoms with E-state index in [1.807, 2.05) is 6.08 Å². The van der Waals surface area contributed by atoms with E-state index in [0.29, 0.717) is 29.7 Å². The third-order valence-corrected chi connectivity index (χ3v) is 4.60. The highest BCUT2D eigenvalue weighted by Crippen LogP contribution is 2.39. The molecule has 6 nitrogen and oxygen atoms in total. The lowest BCUT2D eigenvalue weighted by atomic mass is 10.0. The number of carbonyl (C=O) groups is 2. The van der Waals surface area contributed by atoms with Gasteiger partial charge in [0.15, 0.2) is 11.5 Å². The molecule has 1 aliphatic heterocycles. The number of nitrogens with zero attached hydrogens (tertiary/aromatic N) is 1. The van der Waals surface area contributed by atoms with Crippen LogP contribution in [0.1, 0.15) is 24.8 Å². The summed E-state index contributed by atoms with van der Waals surface area (Å²) in [5.74, 6) is 1.38. The van der Waals surface area contributed by atoms with E-state index in [4.69, 9.17) is 14.2 Å². The van der Waals surface area contributed by atoms with Crippen molar-refractivity contribution in [3.8, 4) is 17.2 Å². The zero-order valence-electron chi connectivity index (χ0n) is 15.3. The molecule has 1 fully saturated rings. The maximum absolute atomic E-state index is 12.5. The Morgan fingerprint density at radius 1 is 1.12 bits per heavy atom. The number of methoxy groups -OCH3 is 3. The molecular formula is C20H23NO5. The van der Waals surface area contributed by atoms with Crippen molar-refractivity contribution in [1.29, 1.82) is 0 Å². The van der Waals surface area contributed by atoms with E-state index in [9.17, 15) is 9.59 Å². The van der Waals surface area contributed by atoms with Crippen LogP contribution in [0.5, 0.6) is 17.2 Å². The lowest BCUT2D eigenvalue weighted by Crippen LogP contribution is -2.40. The number of imide groups is 1. The number of hydrogen-bond acceptors (Lipinski definition) is 5. The minimum Gasteiger partial charge on any atom is -0.493 e. The van der Waals surface area contributed by atoms with Crippen LogP contribution >= 0.6 is 0 Å². The van der Waals surface area contributed by atoms with Gasteiger partial charge in [0.1, 0.15) is 0 Å². The Balaban J connectivity index is 1.78. The highest BCUT2D eigenvalue weighted by Gasteiger charge is 2.35. The quantitative estimate of drug-likeness (QED) is 0.733. The SMILES string of the molecule is COc1cc(C=CC(=O)N2CCC=C(C3CC3)C2=O)cc(OC)c1OC. The Morgan fingerprint density at radius 3 is 2.31 bits per heavy atom. The fourth-order valence-corrected chi connectivity index (χ4v) is 3.09. The maximum atomic E-state index is 12.5. The third kappa shape index (κ3) is 3.59. The van der Waals surface area contributed by atoms with Crippen LogP contribution in [0, 0.1) is 5.92 Å². The second-order valence-electron chi connectivity index (χ2n) is 6.31. The predicted octanol–water partition coefficient (Wildman–Crippen LogP) is 2.82. The first kappa shape index (κ1) is 18.0. The summed E-state index contributed by atoms with van der Waals surface area (Å²) in [6, 6.07) is 3.50. The molecule has 2 aliphatic rings. The first-order valence-corrected chi connectivity index (χ1v) is 8.63. The molecule has 1 aromatic carbocycles. The maximum Gasteiger partial charge on any atom is 0.256 e. The molecule has 1 aliphatic carbocycles. The van der Waals surface area contributed by atoms with Crippen molar-refractivity contribution in [3.05, 3.63) is 35.4 Å². The van der Waals surface area contributed by atoms with Crippen LogP contribution in [-0.2, 0) is 9.59 Å². The van der Waals surface area contributed by atoms with Gasteiger partial charge in [-0.25, -0.2) is 0 Å². The average Bonchev–Trinajstić information content (AvgIpc) is 3.50. The van der Waals surface area contributed by atoms with E-state index in [0.717, 1.165) is 30.4 Å². The van der Waals surface area contributed by atoms with Gasteiger partial charge in [-0.2, -0.15) is 0 Å². The number of carbonyl (C=O) groups excluding carboxylic acids is 2. The van der Waals surface area contributed by atoms with Gasteiger partial charge in [0, 0.05) is 18.2 Å². The molecule has 0 aromatic heterocycles. The molecule has 138 valence electrons. The number of rotatable bonds is 6. The van der Waals surface area contributed by atoms with Gasteiger partial charge >= 0.3 is 0 Å². The van der Waals surface area contributed by atoms with Crippen LogP contribution < -0.4 is 14.2 Å². The van der Waals surface area contributed by atoms with Crippen LogP contribution in [0.4, 0.5) is 0 Å². The fraction of sp³-hybridized carbons (Fsp3) is 0.400. The summed E-state index contributed by atoms with van der Waals surface area (Å²) in [6.45, 7) is 0.424. The monoisotopic (exact) mass is 357 g/mol. The van der Waals surface area contributed by atoms with Gasteiger partial charge in [-0.3, -0.25) is 14.5 Å². The van der Waals surface area contributed by atoms with Crippen LogP contribution in [0.15, 0.2) is 29.9 Å². The van der Waals surface area contributed by atoms with E-state index in [2.05, 4.69) is 0 Å². The van der Waals surface area contributed by atoms with Crippen LogP contribution in [0.2, 0.25) is 0 Å². The summed E-state index contributed by atoms with van der Waals surface area (Å²) in [7, 11) is 4.61. The van der Waals surface area contributed by atoms with Gasteiger partial charge in [-0.15, -0.1) is 0 Å². The molecule has 2 amide bonds. The lowest BCUT2D eigenvalue weighted by Gasteiger charge is -2.24. The molecule has 0 radical (unpaired) electrons. The topological polar surface area (TPSA) is 65.1 Å². The average molecular weight is 357 g/mol. The van der Waals surface area contributed by atoms with Gasteiger partial charge in [0.05, 0.1) is 21.3 Å². The van der Waals surface area contributed by atoms with Crippen LogP contribution in [0.25, 0.3) is 6.08 Å². The number of amides is 2. The second kappa shape index (κ2) is 7.64. The number of ether oxygens (including phenoxy) is 3. The van der Waals surface area contributed by atoms with Gasteiger partial charge in [0.2, 0.25) is 5.75 Å². The minimum atomic E-state index is -0.310. The van der Waals surface area contributed by atoms with Crippen LogP contribution in [0.3, 0.4) is 0 Å². The molecule has 3 rings (SSSR count). The number of benzene rings is 1. The van der Waals surface area contributed by atoms with Crippen molar-refractivity contribution >= 4 is 17.9 Å². The summed E-state index contributed by atoms with van der Waals surface area (Å²) in [4.78, 5) is 26.3. The van der Waals surface area contributed by atoms with E-state index < -0.39 is 0 Å².